The standard InChI is InChI=1S/C17H18N4O4/c22-14-4-2-1-3-12(14)17(25)21-9-7-11(8-10-21)18-16(24)13-5-6-15(23)20-19-13/h1-6,11,22H,7-10H2,(H,18,24)(H,20,23). The number of phenolic OH excluding ortho intramolecular Hbond substituents is 1. The molecule has 1 fully saturated rings. The third-order valence-corrected chi connectivity index (χ3v) is 4.16. The summed E-state index contributed by atoms with van der Waals surface area (Å²) in [5.41, 5.74) is 0.0577. The summed E-state index contributed by atoms with van der Waals surface area (Å²) in [5, 5.41) is 18.6. The van der Waals surface area contributed by atoms with Crippen molar-refractivity contribution >= 4 is 11.8 Å². The summed E-state index contributed by atoms with van der Waals surface area (Å²) in [6, 6.07) is 8.98. The number of carbonyl (C=O) groups excluding carboxylic acids is 2. The molecule has 1 aliphatic rings. The predicted octanol–water partition coefficient (Wildman–Crippen LogP) is 0.510. The Hall–Kier alpha value is -3.16. The molecule has 0 radical (unpaired) electrons. The molecule has 1 aromatic heterocycles. The van der Waals surface area contributed by atoms with Crippen molar-refractivity contribution < 1.29 is 14.7 Å². The molecule has 0 saturated carbocycles. The number of aromatic amines is 1. The molecular weight excluding hydrogens is 324 g/mol. The first kappa shape index (κ1) is 16.7. The van der Waals surface area contributed by atoms with E-state index in [-0.39, 0.29) is 40.4 Å². The molecule has 2 aromatic rings. The number of H-pyrrole nitrogens is 1. The number of aromatic hydroxyl groups is 1. The number of hydrogen-bond donors (Lipinski definition) is 3. The Kier molecular flexibility index (Phi) is 4.78. The van der Waals surface area contributed by atoms with E-state index in [1.807, 2.05) is 0 Å². The van der Waals surface area contributed by atoms with Gasteiger partial charge in [-0.1, -0.05) is 12.1 Å². The third kappa shape index (κ3) is 3.85. The molecule has 130 valence electrons. The zero-order chi connectivity index (χ0) is 17.8. The number of amides is 2. The number of phenols is 1. The minimum Gasteiger partial charge on any atom is -0.507 e. The van der Waals surface area contributed by atoms with Crippen molar-refractivity contribution in [3.05, 3.63) is 58.0 Å². The fraction of sp³-hybridized carbons (Fsp3) is 0.294. The van der Waals surface area contributed by atoms with Crippen LogP contribution in [0.4, 0.5) is 0 Å². The molecule has 0 atom stereocenters. The van der Waals surface area contributed by atoms with E-state index in [1.54, 1.807) is 23.1 Å². The number of nitrogens with one attached hydrogen (secondary N) is 2. The molecule has 0 aliphatic carbocycles. The van der Waals surface area contributed by atoms with Crippen LogP contribution in [0.2, 0.25) is 0 Å². The molecule has 1 aliphatic heterocycles. The monoisotopic (exact) mass is 342 g/mol. The smallest absolute Gasteiger partial charge is 0.271 e. The average Bonchev–Trinajstić information content (AvgIpc) is 2.63. The Bertz CT molecular complexity index is 820. The first-order valence-electron chi connectivity index (χ1n) is 7.98. The fourth-order valence-corrected chi connectivity index (χ4v) is 2.78. The molecule has 1 aromatic carbocycles. The minimum atomic E-state index is -0.368. The van der Waals surface area contributed by atoms with E-state index in [0.717, 1.165) is 0 Å². The fourth-order valence-electron chi connectivity index (χ4n) is 2.78. The van der Waals surface area contributed by atoms with Crippen molar-refractivity contribution in [2.45, 2.75) is 18.9 Å². The van der Waals surface area contributed by atoms with Gasteiger partial charge in [0.05, 0.1) is 5.56 Å². The molecule has 0 spiro atoms. The summed E-state index contributed by atoms with van der Waals surface area (Å²) < 4.78 is 0. The number of para-hydroxylation sites is 1. The summed E-state index contributed by atoms with van der Waals surface area (Å²) >= 11 is 0. The van der Waals surface area contributed by atoms with Crippen LogP contribution in [-0.2, 0) is 0 Å². The molecule has 1 saturated heterocycles. The van der Waals surface area contributed by atoms with Crippen LogP contribution in [0.25, 0.3) is 0 Å². The van der Waals surface area contributed by atoms with Gasteiger partial charge in [0.1, 0.15) is 11.4 Å². The van der Waals surface area contributed by atoms with Crippen LogP contribution in [-0.4, -0.2) is 51.1 Å². The number of aromatic nitrogens is 2. The predicted molar refractivity (Wildman–Crippen MR) is 89.4 cm³/mol. The maximum absolute atomic E-state index is 12.4. The van der Waals surface area contributed by atoms with E-state index in [0.29, 0.717) is 25.9 Å². The lowest BCUT2D eigenvalue weighted by Gasteiger charge is -2.32. The second kappa shape index (κ2) is 7.16. The number of likely N-dealkylation sites (tertiary alicyclic amines) is 1. The van der Waals surface area contributed by atoms with Gasteiger partial charge >= 0.3 is 0 Å². The van der Waals surface area contributed by atoms with Gasteiger partial charge in [-0.3, -0.25) is 14.4 Å². The van der Waals surface area contributed by atoms with Gasteiger partial charge in [-0.2, -0.15) is 5.10 Å². The summed E-state index contributed by atoms with van der Waals surface area (Å²) in [7, 11) is 0. The quantitative estimate of drug-likeness (QED) is 0.752. The van der Waals surface area contributed by atoms with E-state index in [9.17, 15) is 19.5 Å². The van der Waals surface area contributed by atoms with Crippen LogP contribution in [0.3, 0.4) is 0 Å². The van der Waals surface area contributed by atoms with Crippen molar-refractivity contribution in [3.8, 4) is 5.75 Å². The second-order valence-electron chi connectivity index (χ2n) is 5.86. The lowest BCUT2D eigenvalue weighted by Crippen LogP contribution is -2.46. The molecule has 2 amide bonds. The topological polar surface area (TPSA) is 115 Å². The molecule has 3 N–H and O–H groups in total. The summed E-state index contributed by atoms with van der Waals surface area (Å²) in [6.45, 7) is 0.967. The number of benzene rings is 1. The van der Waals surface area contributed by atoms with Gasteiger partial charge in [0.15, 0.2) is 0 Å². The molecule has 8 nitrogen and oxygen atoms in total. The van der Waals surface area contributed by atoms with Crippen LogP contribution in [0.15, 0.2) is 41.2 Å². The highest BCUT2D eigenvalue weighted by atomic mass is 16.3. The van der Waals surface area contributed by atoms with Crippen LogP contribution >= 0.6 is 0 Å². The number of nitrogens with zero attached hydrogens (tertiary/aromatic N) is 2. The molecule has 0 unspecified atom stereocenters. The number of carbonyl (C=O) groups is 2. The maximum atomic E-state index is 12.4. The van der Waals surface area contributed by atoms with Gasteiger partial charge < -0.3 is 15.3 Å². The molecule has 0 bridgehead atoms. The highest BCUT2D eigenvalue weighted by Crippen LogP contribution is 2.20. The molecular formula is C17H18N4O4. The molecule has 3 rings (SSSR count). The van der Waals surface area contributed by atoms with Crippen molar-refractivity contribution in [2.75, 3.05) is 13.1 Å². The molecule has 8 heteroatoms. The Morgan fingerprint density at radius 3 is 2.52 bits per heavy atom. The zero-order valence-electron chi connectivity index (χ0n) is 13.4. The van der Waals surface area contributed by atoms with Gasteiger partial charge in [0.25, 0.3) is 17.4 Å². The van der Waals surface area contributed by atoms with Gasteiger partial charge in [-0.25, -0.2) is 5.10 Å². The van der Waals surface area contributed by atoms with Crippen LogP contribution in [0, 0.1) is 0 Å². The molecule has 25 heavy (non-hydrogen) atoms. The average molecular weight is 342 g/mol. The van der Waals surface area contributed by atoms with E-state index >= 15 is 0 Å². The lowest BCUT2D eigenvalue weighted by atomic mass is 10.0. The third-order valence-electron chi connectivity index (χ3n) is 4.16. The van der Waals surface area contributed by atoms with E-state index in [4.69, 9.17) is 0 Å². The van der Waals surface area contributed by atoms with Crippen molar-refractivity contribution in [1.29, 1.82) is 0 Å². The summed E-state index contributed by atoms with van der Waals surface area (Å²) in [4.78, 5) is 37.2. The van der Waals surface area contributed by atoms with E-state index in [1.165, 1.54) is 18.2 Å². The Morgan fingerprint density at radius 1 is 1.16 bits per heavy atom. The first-order chi connectivity index (χ1) is 12.0. The van der Waals surface area contributed by atoms with Crippen LogP contribution < -0.4 is 10.9 Å². The largest absolute Gasteiger partial charge is 0.507 e. The number of piperidine rings is 1. The second-order valence-corrected chi connectivity index (χ2v) is 5.86. The highest BCUT2D eigenvalue weighted by molar-refractivity contribution is 5.97. The van der Waals surface area contributed by atoms with Crippen molar-refractivity contribution in [1.82, 2.24) is 20.4 Å². The van der Waals surface area contributed by atoms with Gasteiger partial charge in [0.2, 0.25) is 0 Å². The number of rotatable bonds is 3. The van der Waals surface area contributed by atoms with E-state index < -0.39 is 0 Å². The number of hydrogen-bond acceptors (Lipinski definition) is 5. The first-order valence-corrected chi connectivity index (χ1v) is 7.98. The Labute approximate surface area is 143 Å². The normalized spacial score (nSPS) is 15.0. The van der Waals surface area contributed by atoms with E-state index in [2.05, 4.69) is 15.5 Å². The van der Waals surface area contributed by atoms with Gasteiger partial charge in [-0.15, -0.1) is 0 Å². The summed E-state index contributed by atoms with van der Waals surface area (Å²) in [6.07, 6.45) is 1.21. The van der Waals surface area contributed by atoms with Crippen LogP contribution in [0.1, 0.15) is 33.7 Å². The summed E-state index contributed by atoms with van der Waals surface area (Å²) in [5.74, 6) is -0.612. The van der Waals surface area contributed by atoms with Crippen LogP contribution in [0.5, 0.6) is 5.75 Å². The SMILES string of the molecule is O=C(NC1CCN(C(=O)c2ccccc2O)CC1)c1ccc(=O)[nH]n1. The zero-order valence-corrected chi connectivity index (χ0v) is 13.4. The molecule has 2 heterocycles. The highest BCUT2D eigenvalue weighted by Gasteiger charge is 2.26. The van der Waals surface area contributed by atoms with Gasteiger partial charge in [0, 0.05) is 25.2 Å². The van der Waals surface area contributed by atoms with Gasteiger partial charge in [-0.05, 0) is 31.0 Å². The lowest BCUT2D eigenvalue weighted by molar-refractivity contribution is 0.0695. The minimum absolute atomic E-state index is 0.0351. The maximum Gasteiger partial charge on any atom is 0.271 e. The van der Waals surface area contributed by atoms with Crippen molar-refractivity contribution in [3.63, 3.8) is 0 Å². The van der Waals surface area contributed by atoms with Crippen molar-refractivity contribution in [2.24, 2.45) is 0 Å². The Balaban J connectivity index is 1.56. The Morgan fingerprint density at radius 2 is 1.88 bits per heavy atom.